The largest absolute Gasteiger partial charge is 0.396 e. The highest BCUT2D eigenvalue weighted by Gasteiger charge is 2.28. The van der Waals surface area contributed by atoms with Gasteiger partial charge in [0.25, 0.3) is 5.91 Å². The molecule has 1 aromatic heterocycles. The van der Waals surface area contributed by atoms with Gasteiger partial charge in [0.2, 0.25) is 0 Å². The molecular weight excluding hydrogens is 401 g/mol. The van der Waals surface area contributed by atoms with Gasteiger partial charge in [-0.2, -0.15) is 0 Å². The summed E-state index contributed by atoms with van der Waals surface area (Å²) in [6.45, 7) is 7.08. The fraction of sp³-hybridized carbons (Fsp3) is 0.400. The Labute approximate surface area is 174 Å². The number of hydroxylamine groups is 1. The van der Waals surface area contributed by atoms with E-state index < -0.39 is 11.7 Å². The molecule has 0 saturated heterocycles. The maximum absolute atomic E-state index is 14.2. The zero-order valence-electron chi connectivity index (χ0n) is 17.2. The van der Waals surface area contributed by atoms with E-state index in [1.165, 1.54) is 23.6 Å². The lowest BCUT2D eigenvalue weighted by Crippen LogP contribution is -2.25. The first-order valence-electron chi connectivity index (χ1n) is 9.23. The average molecular weight is 428 g/mol. The van der Waals surface area contributed by atoms with Crippen LogP contribution in [0.15, 0.2) is 18.2 Å². The summed E-state index contributed by atoms with van der Waals surface area (Å²) in [5.74, 6) is -1.41. The van der Waals surface area contributed by atoms with Crippen LogP contribution in [0.2, 0.25) is 5.02 Å². The normalized spacial score (nSPS) is 10.2. The van der Waals surface area contributed by atoms with Crippen molar-refractivity contribution >= 4 is 34.8 Å². The highest BCUT2D eigenvalue weighted by molar-refractivity contribution is 6.37. The Morgan fingerprint density at radius 2 is 1.97 bits per heavy atom. The number of carbonyl (C=O) groups excluding carboxylic acids is 2. The summed E-state index contributed by atoms with van der Waals surface area (Å²) < 4.78 is 15.6. The van der Waals surface area contributed by atoms with Gasteiger partial charge >= 0.3 is 0 Å². The van der Waals surface area contributed by atoms with Gasteiger partial charge in [-0.3, -0.25) is 14.4 Å². The molecule has 1 heterocycles. The molecule has 7 nitrogen and oxygen atoms in total. The van der Waals surface area contributed by atoms with Crippen LogP contribution in [-0.2, 0) is 11.9 Å². The summed E-state index contributed by atoms with van der Waals surface area (Å²) >= 11 is 6.26. The Kier molecular flexibility index (Phi) is 9.80. The van der Waals surface area contributed by atoms with Crippen LogP contribution >= 0.6 is 11.6 Å². The number of benzene rings is 1. The number of aromatic nitrogens is 1. The molecule has 160 valence electrons. The van der Waals surface area contributed by atoms with E-state index in [1.54, 1.807) is 20.0 Å². The number of aliphatic hydroxyl groups is 1. The third kappa shape index (κ3) is 6.03. The number of nitrogens with one attached hydrogen (secondary N) is 2. The number of hydrogen-bond donors (Lipinski definition) is 3. The first-order chi connectivity index (χ1) is 13.8. The number of amides is 1. The monoisotopic (exact) mass is 427 g/mol. The second kappa shape index (κ2) is 11.5. The van der Waals surface area contributed by atoms with Crippen LogP contribution < -0.4 is 10.8 Å². The van der Waals surface area contributed by atoms with Crippen molar-refractivity contribution in [2.75, 3.05) is 18.5 Å². The van der Waals surface area contributed by atoms with Gasteiger partial charge in [0.1, 0.15) is 22.9 Å². The molecule has 0 radical (unpaired) electrons. The Hall–Kier alpha value is -2.42. The highest BCUT2D eigenvalue weighted by Crippen LogP contribution is 2.34. The summed E-state index contributed by atoms with van der Waals surface area (Å²) in [6, 6.07) is 4.58. The quantitative estimate of drug-likeness (QED) is 0.334. The van der Waals surface area contributed by atoms with Crippen molar-refractivity contribution in [3.63, 3.8) is 0 Å². The molecule has 3 N–H and O–H groups in total. The number of rotatable bonds is 8. The molecule has 2 aromatic rings. The second-order valence-electron chi connectivity index (χ2n) is 5.97. The van der Waals surface area contributed by atoms with Crippen LogP contribution in [0.3, 0.4) is 0 Å². The van der Waals surface area contributed by atoms with Crippen LogP contribution in [0.5, 0.6) is 0 Å². The van der Waals surface area contributed by atoms with Gasteiger partial charge in [-0.05, 0) is 31.0 Å². The standard InChI is InChI=1S/C18H21ClFN3O4.C2H6/c1-10-5-6-13(12(20)9-10)21-17-14(18(26)22-27-8-4-7-24)15(19)16(11(2)25)23(17)3;1-2/h5-6,9,21,24H,4,7-8H2,1-3H3,(H,22,26);1-2H3. The van der Waals surface area contributed by atoms with E-state index in [4.69, 9.17) is 21.5 Å². The minimum atomic E-state index is -0.698. The molecule has 0 spiro atoms. The van der Waals surface area contributed by atoms with Crippen LogP contribution in [0.1, 0.15) is 53.6 Å². The van der Waals surface area contributed by atoms with E-state index in [2.05, 4.69) is 10.8 Å². The molecule has 0 bridgehead atoms. The summed E-state index contributed by atoms with van der Waals surface area (Å²) in [5.41, 5.74) is 3.13. The van der Waals surface area contributed by atoms with Crippen LogP contribution in [0, 0.1) is 12.7 Å². The van der Waals surface area contributed by atoms with Crippen LogP contribution in [-0.4, -0.2) is 34.6 Å². The van der Waals surface area contributed by atoms with Crippen molar-refractivity contribution in [2.45, 2.75) is 34.1 Å². The molecule has 0 unspecified atom stereocenters. The fourth-order valence-corrected chi connectivity index (χ4v) is 2.98. The van der Waals surface area contributed by atoms with E-state index in [0.717, 1.165) is 5.56 Å². The minimum Gasteiger partial charge on any atom is -0.396 e. The fourth-order valence-electron chi connectivity index (χ4n) is 2.55. The summed E-state index contributed by atoms with van der Waals surface area (Å²) in [7, 11) is 1.54. The van der Waals surface area contributed by atoms with Gasteiger partial charge in [0.15, 0.2) is 5.78 Å². The molecule has 1 amide bonds. The van der Waals surface area contributed by atoms with Crippen molar-refractivity contribution in [3.05, 3.63) is 45.9 Å². The predicted molar refractivity (Wildman–Crippen MR) is 111 cm³/mol. The summed E-state index contributed by atoms with van der Waals surface area (Å²) in [5, 5.41) is 11.5. The third-order valence-electron chi connectivity index (χ3n) is 3.84. The van der Waals surface area contributed by atoms with E-state index >= 15 is 0 Å². The van der Waals surface area contributed by atoms with Gasteiger partial charge < -0.3 is 15.0 Å². The van der Waals surface area contributed by atoms with Gasteiger partial charge in [-0.25, -0.2) is 9.87 Å². The molecule has 0 aliphatic carbocycles. The maximum atomic E-state index is 14.2. The van der Waals surface area contributed by atoms with Crippen molar-refractivity contribution in [2.24, 2.45) is 7.05 Å². The van der Waals surface area contributed by atoms with Gasteiger partial charge in [-0.15, -0.1) is 0 Å². The number of nitrogens with zero attached hydrogens (tertiary/aromatic N) is 1. The van der Waals surface area contributed by atoms with Crippen LogP contribution in [0.25, 0.3) is 0 Å². The lowest BCUT2D eigenvalue weighted by atomic mass is 10.2. The Bertz CT molecular complexity index is 868. The lowest BCUT2D eigenvalue weighted by molar-refractivity contribution is 0.0262. The molecule has 9 heteroatoms. The van der Waals surface area contributed by atoms with E-state index in [0.29, 0.717) is 6.42 Å². The molecule has 29 heavy (non-hydrogen) atoms. The molecule has 1 aromatic carbocycles. The zero-order valence-corrected chi connectivity index (χ0v) is 18.0. The second-order valence-corrected chi connectivity index (χ2v) is 6.34. The Morgan fingerprint density at radius 1 is 1.31 bits per heavy atom. The van der Waals surface area contributed by atoms with Crippen molar-refractivity contribution in [1.82, 2.24) is 10.0 Å². The van der Waals surface area contributed by atoms with Gasteiger partial charge in [-0.1, -0.05) is 31.5 Å². The number of anilines is 2. The summed E-state index contributed by atoms with van der Waals surface area (Å²) in [6.07, 6.45) is 0.335. The number of ketones is 1. The Balaban J connectivity index is 0.00000204. The molecule has 0 aliphatic rings. The van der Waals surface area contributed by atoms with Gasteiger partial charge in [0, 0.05) is 20.6 Å². The maximum Gasteiger partial charge on any atom is 0.280 e. The van der Waals surface area contributed by atoms with Crippen molar-refractivity contribution in [1.29, 1.82) is 0 Å². The molecule has 0 aliphatic heterocycles. The first kappa shape index (κ1) is 24.6. The average Bonchev–Trinajstić information content (AvgIpc) is 2.92. The smallest absolute Gasteiger partial charge is 0.280 e. The predicted octanol–water partition coefficient (Wildman–Crippen LogP) is 4.14. The van der Waals surface area contributed by atoms with Crippen molar-refractivity contribution < 1.29 is 23.9 Å². The first-order valence-corrected chi connectivity index (χ1v) is 9.61. The molecule has 0 atom stereocenters. The SMILES string of the molecule is CC.CC(=O)c1c(Cl)c(C(=O)NOCCCO)c(Nc2ccc(C)cc2F)n1C. The Morgan fingerprint density at radius 3 is 2.52 bits per heavy atom. The number of carbonyl (C=O) groups is 2. The van der Waals surface area contributed by atoms with E-state index in [9.17, 15) is 14.0 Å². The van der Waals surface area contributed by atoms with Crippen LogP contribution in [0.4, 0.5) is 15.9 Å². The molecule has 2 rings (SSSR count). The van der Waals surface area contributed by atoms with Gasteiger partial charge in [0.05, 0.1) is 17.3 Å². The highest BCUT2D eigenvalue weighted by atomic mass is 35.5. The number of aliphatic hydroxyl groups excluding tert-OH is 1. The molecule has 0 saturated carbocycles. The van der Waals surface area contributed by atoms with E-state index in [1.807, 2.05) is 13.8 Å². The minimum absolute atomic E-state index is 0.0478. The number of aryl methyl sites for hydroxylation is 1. The number of halogens is 2. The third-order valence-corrected chi connectivity index (χ3v) is 4.21. The summed E-state index contributed by atoms with van der Waals surface area (Å²) in [4.78, 5) is 29.5. The topological polar surface area (TPSA) is 92.6 Å². The lowest BCUT2D eigenvalue weighted by Gasteiger charge is -2.12. The zero-order chi connectivity index (χ0) is 22.1. The van der Waals surface area contributed by atoms with Crippen molar-refractivity contribution in [3.8, 4) is 0 Å². The number of hydrogen-bond acceptors (Lipinski definition) is 5. The molecular formula is C20H27ClFN3O4. The van der Waals surface area contributed by atoms with E-state index in [-0.39, 0.29) is 46.8 Å². The molecule has 0 fully saturated rings. The number of Topliss-reactive ketones (excluding diaryl/α,β-unsaturated/α-hetero) is 1.